The van der Waals surface area contributed by atoms with Gasteiger partial charge in [-0.1, -0.05) is 12.1 Å². The Kier molecular flexibility index (Phi) is 3.06. The molecule has 2 N–H and O–H groups in total. The Morgan fingerprint density at radius 2 is 1.94 bits per heavy atom. The van der Waals surface area contributed by atoms with Crippen LogP contribution >= 0.6 is 0 Å². The second-order valence-electron chi connectivity index (χ2n) is 3.69. The number of nitrogens with zero attached hydrogens (tertiary/aromatic N) is 1. The lowest BCUT2D eigenvalue weighted by molar-refractivity contribution is -0.159. The largest absolute Gasteiger partial charge is 0.396 e. The van der Waals surface area contributed by atoms with Gasteiger partial charge in [0.15, 0.2) is 5.82 Å². The predicted octanol–water partition coefficient (Wildman–Crippen LogP) is 0.293. The fourth-order valence-corrected chi connectivity index (χ4v) is 1.59. The number of benzene rings is 1. The third-order valence-corrected chi connectivity index (χ3v) is 2.49. The lowest BCUT2D eigenvalue weighted by Crippen LogP contribution is -2.45. The Bertz CT molecular complexity index is 460. The Morgan fingerprint density at radius 1 is 1.29 bits per heavy atom. The van der Waals surface area contributed by atoms with Crippen LogP contribution in [0.25, 0.3) is 0 Å². The van der Waals surface area contributed by atoms with Crippen molar-refractivity contribution in [2.75, 3.05) is 18.9 Å². The molecular weight excluding hydrogens is 227 g/mol. The molecule has 1 aliphatic heterocycles. The molecule has 0 aromatic heterocycles. The molecule has 1 aromatic carbocycles. The molecule has 1 saturated heterocycles. The van der Waals surface area contributed by atoms with Crippen molar-refractivity contribution >= 4 is 17.5 Å². The summed E-state index contributed by atoms with van der Waals surface area (Å²) < 4.78 is 18.4. The van der Waals surface area contributed by atoms with Crippen molar-refractivity contribution < 1.29 is 18.7 Å². The lowest BCUT2D eigenvalue weighted by Gasteiger charge is -2.25. The number of morpholine rings is 1. The third kappa shape index (κ3) is 2.26. The molecule has 1 heterocycles. The van der Waals surface area contributed by atoms with E-state index < -0.39 is 17.6 Å². The van der Waals surface area contributed by atoms with Crippen LogP contribution in [-0.4, -0.2) is 29.9 Å². The van der Waals surface area contributed by atoms with Crippen LogP contribution in [0.2, 0.25) is 0 Å². The van der Waals surface area contributed by atoms with Gasteiger partial charge in [-0.05, 0) is 6.07 Å². The Hall–Kier alpha value is -1.95. The molecule has 0 aliphatic carbocycles. The van der Waals surface area contributed by atoms with Gasteiger partial charge in [-0.15, -0.1) is 0 Å². The minimum Gasteiger partial charge on any atom is -0.396 e. The highest BCUT2D eigenvalue weighted by Crippen LogP contribution is 2.17. The van der Waals surface area contributed by atoms with Crippen molar-refractivity contribution in [3.05, 3.63) is 29.6 Å². The van der Waals surface area contributed by atoms with Gasteiger partial charge >= 0.3 is 0 Å². The summed E-state index contributed by atoms with van der Waals surface area (Å²) in [5.41, 5.74) is 5.62. The number of hydrogen-bond acceptors (Lipinski definition) is 4. The molecule has 17 heavy (non-hydrogen) atoms. The Labute approximate surface area is 97.0 Å². The minimum atomic E-state index is -0.598. The number of anilines is 1. The van der Waals surface area contributed by atoms with Crippen molar-refractivity contribution in [3.8, 4) is 0 Å². The Balaban J connectivity index is 2.22. The number of rotatable bonds is 2. The standard InChI is InChI=1S/C11H11FN2O3/c12-11-7(2-1-3-8(11)13)4-14-9(15)5-17-6-10(14)16/h1-3H,4-6,13H2. The fraction of sp³-hybridized carbons (Fsp3) is 0.273. The van der Waals surface area contributed by atoms with Gasteiger partial charge in [0.05, 0.1) is 12.2 Å². The number of carbonyl (C=O) groups excluding carboxylic acids is 2. The van der Waals surface area contributed by atoms with Gasteiger partial charge in [0.25, 0.3) is 11.8 Å². The number of nitrogen functional groups attached to an aromatic ring is 1. The highest BCUT2D eigenvalue weighted by Gasteiger charge is 2.27. The number of hydrogen-bond donors (Lipinski definition) is 1. The van der Waals surface area contributed by atoms with Crippen LogP contribution < -0.4 is 5.73 Å². The molecular formula is C11H11FN2O3. The third-order valence-electron chi connectivity index (χ3n) is 2.49. The van der Waals surface area contributed by atoms with Gasteiger partial charge in [-0.3, -0.25) is 14.5 Å². The summed E-state index contributed by atoms with van der Waals surface area (Å²) in [7, 11) is 0. The van der Waals surface area contributed by atoms with Crippen molar-refractivity contribution in [1.82, 2.24) is 4.90 Å². The summed E-state index contributed by atoms with van der Waals surface area (Å²) in [5, 5.41) is 0. The topological polar surface area (TPSA) is 72.6 Å². The Morgan fingerprint density at radius 3 is 2.59 bits per heavy atom. The van der Waals surface area contributed by atoms with Gasteiger partial charge in [-0.2, -0.15) is 0 Å². The second-order valence-corrected chi connectivity index (χ2v) is 3.69. The zero-order valence-electron chi connectivity index (χ0n) is 8.98. The number of amides is 2. The highest BCUT2D eigenvalue weighted by atomic mass is 19.1. The molecule has 6 heteroatoms. The van der Waals surface area contributed by atoms with Gasteiger partial charge in [0.2, 0.25) is 0 Å². The molecule has 2 rings (SSSR count). The average molecular weight is 238 g/mol. The van der Waals surface area contributed by atoms with Gasteiger partial charge in [0, 0.05) is 5.56 Å². The summed E-state index contributed by atoms with van der Waals surface area (Å²) in [6, 6.07) is 4.48. The molecule has 0 radical (unpaired) electrons. The molecule has 1 fully saturated rings. The monoisotopic (exact) mass is 238 g/mol. The van der Waals surface area contributed by atoms with Crippen LogP contribution in [0.5, 0.6) is 0 Å². The first-order valence-electron chi connectivity index (χ1n) is 5.03. The quantitative estimate of drug-likeness (QED) is 0.594. The molecule has 1 aromatic rings. The average Bonchev–Trinajstić information content (AvgIpc) is 2.29. The van der Waals surface area contributed by atoms with Gasteiger partial charge < -0.3 is 10.5 Å². The van der Waals surface area contributed by atoms with Gasteiger partial charge in [-0.25, -0.2) is 4.39 Å². The first-order valence-corrected chi connectivity index (χ1v) is 5.03. The minimum absolute atomic E-state index is 0.00402. The maximum atomic E-state index is 13.6. The summed E-state index contributed by atoms with van der Waals surface area (Å²) in [4.78, 5) is 23.8. The van der Waals surface area contributed by atoms with E-state index in [4.69, 9.17) is 10.5 Å². The van der Waals surface area contributed by atoms with E-state index in [0.29, 0.717) is 0 Å². The molecule has 0 unspecified atom stereocenters. The van der Waals surface area contributed by atoms with Crippen molar-refractivity contribution in [2.45, 2.75) is 6.54 Å². The molecule has 0 bridgehead atoms. The molecule has 0 saturated carbocycles. The van der Waals surface area contributed by atoms with E-state index in [1.54, 1.807) is 6.07 Å². The van der Waals surface area contributed by atoms with Crippen molar-refractivity contribution in [1.29, 1.82) is 0 Å². The van der Waals surface area contributed by atoms with E-state index in [1.807, 2.05) is 0 Å². The molecule has 2 amide bonds. The van der Waals surface area contributed by atoms with Crippen LogP contribution in [0, 0.1) is 5.82 Å². The van der Waals surface area contributed by atoms with E-state index in [1.165, 1.54) is 12.1 Å². The normalized spacial score (nSPS) is 16.4. The van der Waals surface area contributed by atoms with E-state index in [2.05, 4.69) is 0 Å². The first kappa shape index (κ1) is 11.5. The lowest BCUT2D eigenvalue weighted by atomic mass is 10.1. The van der Waals surface area contributed by atoms with E-state index in [0.717, 1.165) is 4.90 Å². The number of ether oxygens (including phenoxy) is 1. The molecule has 0 atom stereocenters. The summed E-state index contributed by atoms with van der Waals surface area (Å²) >= 11 is 0. The first-order chi connectivity index (χ1) is 8.09. The van der Waals surface area contributed by atoms with Crippen LogP contribution in [-0.2, 0) is 20.9 Å². The van der Waals surface area contributed by atoms with Crippen LogP contribution in [0.4, 0.5) is 10.1 Å². The maximum Gasteiger partial charge on any atom is 0.255 e. The molecule has 90 valence electrons. The summed E-state index contributed by atoms with van der Waals surface area (Å²) in [5.74, 6) is -1.54. The summed E-state index contributed by atoms with van der Waals surface area (Å²) in [6.45, 7) is -0.427. The van der Waals surface area contributed by atoms with E-state index >= 15 is 0 Å². The van der Waals surface area contributed by atoms with E-state index in [9.17, 15) is 14.0 Å². The molecule has 0 spiro atoms. The smallest absolute Gasteiger partial charge is 0.255 e. The number of nitrogens with two attached hydrogens (primary N) is 1. The molecule has 1 aliphatic rings. The van der Waals surface area contributed by atoms with Crippen LogP contribution in [0.15, 0.2) is 18.2 Å². The number of carbonyl (C=O) groups is 2. The maximum absolute atomic E-state index is 13.6. The zero-order valence-corrected chi connectivity index (χ0v) is 8.98. The molecule has 5 nitrogen and oxygen atoms in total. The SMILES string of the molecule is Nc1cccc(CN2C(=O)COCC2=O)c1F. The zero-order chi connectivity index (χ0) is 12.4. The van der Waals surface area contributed by atoms with Gasteiger partial charge in [0.1, 0.15) is 13.2 Å². The van der Waals surface area contributed by atoms with Crippen LogP contribution in [0.1, 0.15) is 5.56 Å². The number of imide groups is 1. The van der Waals surface area contributed by atoms with Crippen molar-refractivity contribution in [2.24, 2.45) is 0 Å². The highest BCUT2D eigenvalue weighted by molar-refractivity contribution is 5.98. The number of halogens is 1. The van der Waals surface area contributed by atoms with Crippen molar-refractivity contribution in [3.63, 3.8) is 0 Å². The van der Waals surface area contributed by atoms with E-state index in [-0.39, 0.29) is 31.0 Å². The second kappa shape index (κ2) is 4.50. The predicted molar refractivity (Wildman–Crippen MR) is 57.2 cm³/mol. The fourth-order valence-electron chi connectivity index (χ4n) is 1.59. The summed E-state index contributed by atoms with van der Waals surface area (Å²) in [6.07, 6.45) is 0. The van der Waals surface area contributed by atoms with Crippen LogP contribution in [0.3, 0.4) is 0 Å².